The third kappa shape index (κ3) is 4.38. The summed E-state index contributed by atoms with van der Waals surface area (Å²) in [6.07, 6.45) is 0. The summed E-state index contributed by atoms with van der Waals surface area (Å²) in [6, 6.07) is 57.8. The van der Waals surface area contributed by atoms with Crippen molar-refractivity contribution in [1.82, 2.24) is 0 Å². The van der Waals surface area contributed by atoms with E-state index in [1.165, 1.54) is 32.3 Å². The molecule has 3 nitrogen and oxygen atoms in total. The van der Waals surface area contributed by atoms with Gasteiger partial charge in [-0.05, 0) is 81.0 Å². The number of fused-ring (bicyclic) bond motifs is 9. The largest absolute Gasteiger partial charge is 0.467 e. The zero-order valence-electron chi connectivity index (χ0n) is 26.0. The molecule has 0 atom stereocenters. The lowest BCUT2D eigenvalue weighted by atomic mass is 9.59. The van der Waals surface area contributed by atoms with E-state index < -0.39 is 21.4 Å². The van der Waals surface area contributed by atoms with Gasteiger partial charge in [-0.2, -0.15) is 0 Å². The van der Waals surface area contributed by atoms with E-state index in [1.54, 1.807) is 0 Å². The molecule has 1 heterocycles. The second-order valence-electron chi connectivity index (χ2n) is 12.6. The first-order valence-electron chi connectivity index (χ1n) is 16.5. The highest BCUT2D eigenvalue weighted by atomic mass is 16.7. The van der Waals surface area contributed by atoms with Crippen LogP contribution in [0.25, 0.3) is 64.6 Å². The fraction of sp³-hybridized carbons (Fsp3) is 0. The van der Waals surface area contributed by atoms with Gasteiger partial charge in [0.05, 0.1) is 0 Å². The van der Waals surface area contributed by atoms with Crippen LogP contribution in [0.15, 0.2) is 164 Å². The van der Waals surface area contributed by atoms with Gasteiger partial charge < -0.3 is 13.7 Å². The van der Waals surface area contributed by atoms with E-state index in [0.717, 1.165) is 48.7 Å². The minimum Gasteiger partial charge on any atom is -0.445 e. The normalized spacial score (nSPS) is 13.9. The fourth-order valence-corrected chi connectivity index (χ4v) is 7.71. The summed E-state index contributed by atoms with van der Waals surface area (Å²) in [5.74, 6) is 0. The fourth-order valence-electron chi connectivity index (χ4n) is 7.71. The van der Waals surface area contributed by atoms with Crippen LogP contribution in [0.2, 0.25) is 0 Å². The van der Waals surface area contributed by atoms with Crippen molar-refractivity contribution in [2.75, 3.05) is 0 Å². The summed E-state index contributed by atoms with van der Waals surface area (Å²) in [5.41, 5.74) is 2.95. The Morgan fingerprint density at radius 3 is 0.771 bits per heavy atom. The number of rotatable bonds is 3. The van der Waals surface area contributed by atoms with Gasteiger partial charge in [-0.1, -0.05) is 164 Å². The molecule has 0 radical (unpaired) electrons. The summed E-state index contributed by atoms with van der Waals surface area (Å²) < 4.78 is 20.9. The third-order valence-corrected chi connectivity index (χ3v) is 9.90. The van der Waals surface area contributed by atoms with Crippen molar-refractivity contribution in [3.8, 4) is 0 Å². The van der Waals surface area contributed by atoms with Crippen molar-refractivity contribution in [2.24, 2.45) is 0 Å². The maximum absolute atomic E-state index is 6.98. The van der Waals surface area contributed by atoms with Crippen LogP contribution in [0.3, 0.4) is 0 Å². The maximum Gasteiger partial charge on any atom is 0.467 e. The summed E-state index contributed by atoms with van der Waals surface area (Å²) >= 11 is 0. The van der Waals surface area contributed by atoms with Gasteiger partial charge >= 0.3 is 21.4 Å². The van der Waals surface area contributed by atoms with E-state index in [-0.39, 0.29) is 0 Å². The molecule has 6 heteroatoms. The van der Waals surface area contributed by atoms with Crippen molar-refractivity contribution in [2.45, 2.75) is 0 Å². The Labute approximate surface area is 279 Å². The first-order chi connectivity index (χ1) is 23.8. The molecule has 9 aromatic rings. The van der Waals surface area contributed by atoms with Gasteiger partial charge in [0.2, 0.25) is 0 Å². The second kappa shape index (κ2) is 11.1. The molecule has 48 heavy (non-hydrogen) atoms. The first kappa shape index (κ1) is 27.7. The Hall–Kier alpha value is -5.39. The molecule has 0 amide bonds. The molecule has 0 bridgehead atoms. The number of hydrogen-bond acceptors (Lipinski definition) is 3. The van der Waals surface area contributed by atoms with E-state index in [4.69, 9.17) is 13.7 Å². The van der Waals surface area contributed by atoms with Gasteiger partial charge in [0.25, 0.3) is 0 Å². The van der Waals surface area contributed by atoms with Gasteiger partial charge in [0.1, 0.15) is 0 Å². The van der Waals surface area contributed by atoms with Gasteiger partial charge in [0, 0.05) is 0 Å². The molecule has 10 rings (SSSR count). The summed E-state index contributed by atoms with van der Waals surface area (Å²) in [4.78, 5) is 0. The third-order valence-electron chi connectivity index (χ3n) is 9.90. The maximum atomic E-state index is 6.98. The Bertz CT molecular complexity index is 2410. The molecule has 1 aliphatic heterocycles. The van der Waals surface area contributed by atoms with Gasteiger partial charge in [-0.3, -0.25) is 0 Å². The molecule has 0 saturated carbocycles. The topological polar surface area (TPSA) is 27.7 Å². The summed E-state index contributed by atoms with van der Waals surface area (Å²) in [7, 11) is -2.09. The van der Waals surface area contributed by atoms with Gasteiger partial charge in [-0.25, -0.2) is 0 Å². The highest BCUT2D eigenvalue weighted by Gasteiger charge is 2.45. The molecule has 0 spiro atoms. The molecule has 0 aromatic heterocycles. The molecule has 222 valence electrons. The lowest BCUT2D eigenvalue weighted by Crippen LogP contribution is -2.61. The Kier molecular flexibility index (Phi) is 6.41. The monoisotopic (exact) mass is 612 g/mol. The van der Waals surface area contributed by atoms with Crippen molar-refractivity contribution in [1.29, 1.82) is 0 Å². The van der Waals surface area contributed by atoms with Crippen molar-refractivity contribution in [3.63, 3.8) is 0 Å². The Morgan fingerprint density at radius 2 is 0.479 bits per heavy atom. The molecular formula is C42H27B3O3. The van der Waals surface area contributed by atoms with Crippen molar-refractivity contribution in [3.05, 3.63) is 164 Å². The van der Waals surface area contributed by atoms with Crippen LogP contribution in [0.4, 0.5) is 0 Å². The van der Waals surface area contributed by atoms with E-state index >= 15 is 0 Å². The predicted molar refractivity (Wildman–Crippen MR) is 204 cm³/mol. The lowest BCUT2D eigenvalue weighted by molar-refractivity contribution is 0.309. The number of hydrogen-bond donors (Lipinski definition) is 0. The average Bonchev–Trinajstić information content (AvgIpc) is 3.16. The smallest absolute Gasteiger partial charge is 0.445 e. The molecule has 0 aliphatic carbocycles. The minimum absolute atomic E-state index is 0.696. The van der Waals surface area contributed by atoms with E-state index in [0.29, 0.717) is 0 Å². The standard InChI is InChI=1S/C42H27B3O3/c1-4-16-31-28(13-1)25-40(37-22-10-7-19-34(31)37)43-46-44(41-26-29-14-2-5-17-32(29)35-20-8-11-23-38(35)41)48-45(47-43)42-27-30-15-3-6-18-33(30)36-21-9-12-24-39(36)42/h1-27H. The lowest BCUT2D eigenvalue weighted by Gasteiger charge is -2.33. The van der Waals surface area contributed by atoms with E-state index in [2.05, 4.69) is 164 Å². The Balaban J connectivity index is 1.22. The highest BCUT2D eigenvalue weighted by molar-refractivity contribution is 6.89. The summed E-state index contributed by atoms with van der Waals surface area (Å²) in [5, 5.41) is 13.9. The van der Waals surface area contributed by atoms with Crippen LogP contribution >= 0.6 is 0 Å². The zero-order chi connectivity index (χ0) is 31.6. The van der Waals surface area contributed by atoms with Gasteiger partial charge in [0.15, 0.2) is 0 Å². The van der Waals surface area contributed by atoms with Crippen LogP contribution in [0.1, 0.15) is 0 Å². The van der Waals surface area contributed by atoms with E-state index in [1.807, 2.05) is 0 Å². The average molecular weight is 612 g/mol. The molecule has 1 aliphatic rings. The van der Waals surface area contributed by atoms with Crippen LogP contribution in [0, 0.1) is 0 Å². The molecule has 9 aromatic carbocycles. The van der Waals surface area contributed by atoms with Crippen LogP contribution in [-0.2, 0) is 13.7 Å². The second-order valence-corrected chi connectivity index (χ2v) is 12.6. The first-order valence-corrected chi connectivity index (χ1v) is 16.5. The quantitative estimate of drug-likeness (QED) is 0.149. The SMILES string of the molecule is c1ccc2c(c1)cc(B1OB(c3cc4ccccc4c4ccccc34)OB(c3cc4ccccc4c4ccccc34)O1)c1ccccc12. The van der Waals surface area contributed by atoms with Crippen molar-refractivity contribution < 1.29 is 13.7 Å². The number of benzene rings is 9. The Morgan fingerprint density at radius 1 is 0.250 bits per heavy atom. The highest BCUT2D eigenvalue weighted by Crippen LogP contribution is 2.30. The molecular weight excluding hydrogens is 585 g/mol. The minimum atomic E-state index is -0.696. The van der Waals surface area contributed by atoms with Crippen LogP contribution in [0.5, 0.6) is 0 Å². The molecule has 1 saturated heterocycles. The predicted octanol–water partition coefficient (Wildman–Crippen LogP) is 8.16. The van der Waals surface area contributed by atoms with Crippen LogP contribution < -0.4 is 16.4 Å². The van der Waals surface area contributed by atoms with Crippen LogP contribution in [-0.4, -0.2) is 21.4 Å². The van der Waals surface area contributed by atoms with E-state index in [9.17, 15) is 0 Å². The summed E-state index contributed by atoms with van der Waals surface area (Å²) in [6.45, 7) is 0. The molecule has 0 N–H and O–H groups in total. The van der Waals surface area contributed by atoms with Crippen molar-refractivity contribution >= 4 is 102 Å². The molecule has 0 unspecified atom stereocenters. The van der Waals surface area contributed by atoms with Gasteiger partial charge in [-0.15, -0.1) is 0 Å². The molecule has 1 fully saturated rings. The zero-order valence-corrected chi connectivity index (χ0v) is 26.0.